The quantitative estimate of drug-likeness (QED) is 0.632. The highest BCUT2D eigenvalue weighted by Crippen LogP contribution is 2.58. The average Bonchev–Trinajstić information content (AvgIpc) is 2.80. The molecule has 2 aliphatic carbocycles. The molecular formula is C10H17NS. The largest absolute Gasteiger partial charge is 0.393 e. The zero-order valence-electron chi connectivity index (χ0n) is 7.51. The predicted molar refractivity (Wildman–Crippen MR) is 55.0 cm³/mol. The summed E-state index contributed by atoms with van der Waals surface area (Å²) in [5, 5.41) is 0. The van der Waals surface area contributed by atoms with Gasteiger partial charge in [-0.2, -0.15) is 0 Å². The Morgan fingerprint density at radius 2 is 1.92 bits per heavy atom. The summed E-state index contributed by atoms with van der Waals surface area (Å²) < 4.78 is 0. The summed E-state index contributed by atoms with van der Waals surface area (Å²) in [5.41, 5.74) is 6.37. The Morgan fingerprint density at radius 3 is 2.50 bits per heavy atom. The molecule has 0 aromatic rings. The lowest BCUT2D eigenvalue weighted by molar-refractivity contribution is 0.370. The molecule has 2 N–H and O–H groups in total. The van der Waals surface area contributed by atoms with E-state index in [1.807, 2.05) is 0 Å². The van der Waals surface area contributed by atoms with Gasteiger partial charge in [0, 0.05) is 5.92 Å². The summed E-state index contributed by atoms with van der Waals surface area (Å²) in [6.07, 6.45) is 9.54. The fraction of sp³-hybridized carbons (Fsp3) is 0.900. The SMILES string of the molecule is NC(=S)[C@H]1CCCCCC12CC2. The Balaban J connectivity index is 2.11. The standard InChI is InChI=1S/C10H17NS/c11-9(12)8-4-2-1-3-5-10(8)6-7-10/h8H,1-7H2,(H2,11,12)/t8-/m1/s1. The molecule has 0 unspecified atom stereocenters. The minimum Gasteiger partial charge on any atom is -0.393 e. The highest BCUT2D eigenvalue weighted by molar-refractivity contribution is 7.80. The topological polar surface area (TPSA) is 26.0 Å². The van der Waals surface area contributed by atoms with Gasteiger partial charge in [-0.3, -0.25) is 0 Å². The molecule has 2 saturated carbocycles. The third-order valence-corrected chi connectivity index (χ3v) is 3.93. The lowest BCUT2D eigenvalue weighted by atomic mass is 9.85. The molecule has 2 fully saturated rings. The Bertz CT molecular complexity index is 196. The van der Waals surface area contributed by atoms with Crippen LogP contribution in [0.25, 0.3) is 0 Å². The van der Waals surface area contributed by atoms with Crippen molar-refractivity contribution in [1.82, 2.24) is 0 Å². The van der Waals surface area contributed by atoms with Gasteiger partial charge in [0.05, 0.1) is 4.99 Å². The van der Waals surface area contributed by atoms with E-state index in [4.69, 9.17) is 18.0 Å². The molecular weight excluding hydrogens is 166 g/mol. The van der Waals surface area contributed by atoms with Crippen molar-refractivity contribution in [3.05, 3.63) is 0 Å². The van der Waals surface area contributed by atoms with Crippen molar-refractivity contribution >= 4 is 17.2 Å². The van der Waals surface area contributed by atoms with Crippen LogP contribution in [-0.4, -0.2) is 4.99 Å². The monoisotopic (exact) mass is 183 g/mol. The van der Waals surface area contributed by atoms with Gasteiger partial charge in [0.25, 0.3) is 0 Å². The molecule has 0 amide bonds. The number of thiocarbonyl (C=S) groups is 1. The van der Waals surface area contributed by atoms with Gasteiger partial charge in [-0.15, -0.1) is 0 Å². The van der Waals surface area contributed by atoms with E-state index in [0.29, 0.717) is 11.3 Å². The molecule has 2 rings (SSSR count). The van der Waals surface area contributed by atoms with E-state index in [1.165, 1.54) is 44.9 Å². The lowest BCUT2D eigenvalue weighted by Crippen LogP contribution is -2.28. The molecule has 0 aromatic heterocycles. The van der Waals surface area contributed by atoms with Crippen LogP contribution >= 0.6 is 12.2 Å². The fourth-order valence-electron chi connectivity index (χ4n) is 2.69. The van der Waals surface area contributed by atoms with Crippen LogP contribution in [0.1, 0.15) is 44.9 Å². The molecule has 68 valence electrons. The van der Waals surface area contributed by atoms with Crippen molar-refractivity contribution < 1.29 is 0 Å². The number of nitrogens with two attached hydrogens (primary N) is 1. The third-order valence-electron chi connectivity index (χ3n) is 3.64. The molecule has 1 spiro atoms. The molecule has 0 aromatic carbocycles. The van der Waals surface area contributed by atoms with Crippen LogP contribution in [-0.2, 0) is 0 Å². The molecule has 2 aliphatic rings. The van der Waals surface area contributed by atoms with Gasteiger partial charge in [0.15, 0.2) is 0 Å². The van der Waals surface area contributed by atoms with Crippen LogP contribution in [0.4, 0.5) is 0 Å². The van der Waals surface area contributed by atoms with Crippen LogP contribution in [0.3, 0.4) is 0 Å². The molecule has 0 saturated heterocycles. The second kappa shape index (κ2) is 2.99. The van der Waals surface area contributed by atoms with Crippen molar-refractivity contribution in [2.45, 2.75) is 44.9 Å². The first-order valence-electron chi connectivity index (χ1n) is 5.04. The molecule has 12 heavy (non-hydrogen) atoms. The van der Waals surface area contributed by atoms with Gasteiger partial charge in [0.2, 0.25) is 0 Å². The van der Waals surface area contributed by atoms with E-state index in [1.54, 1.807) is 0 Å². The smallest absolute Gasteiger partial charge is 0.0764 e. The summed E-state index contributed by atoms with van der Waals surface area (Å²) in [4.78, 5) is 0.786. The predicted octanol–water partition coefficient (Wildman–Crippen LogP) is 2.63. The van der Waals surface area contributed by atoms with Gasteiger partial charge < -0.3 is 5.73 Å². The molecule has 0 heterocycles. The molecule has 0 aliphatic heterocycles. The van der Waals surface area contributed by atoms with Gasteiger partial charge in [-0.05, 0) is 31.1 Å². The van der Waals surface area contributed by atoms with Crippen LogP contribution in [0.5, 0.6) is 0 Å². The average molecular weight is 183 g/mol. The summed E-state index contributed by atoms with van der Waals surface area (Å²) >= 11 is 5.14. The minimum atomic E-state index is 0.579. The second-order valence-electron chi connectivity index (χ2n) is 4.42. The van der Waals surface area contributed by atoms with E-state index in [2.05, 4.69) is 0 Å². The Hall–Kier alpha value is -0.110. The summed E-state index contributed by atoms with van der Waals surface area (Å²) in [6.45, 7) is 0. The zero-order valence-corrected chi connectivity index (χ0v) is 8.33. The highest BCUT2D eigenvalue weighted by atomic mass is 32.1. The van der Waals surface area contributed by atoms with E-state index < -0.39 is 0 Å². The maximum absolute atomic E-state index is 5.78. The lowest BCUT2D eigenvalue weighted by Gasteiger charge is -2.22. The first kappa shape index (κ1) is 8.49. The normalized spacial score (nSPS) is 32.8. The van der Waals surface area contributed by atoms with Crippen molar-refractivity contribution in [2.75, 3.05) is 0 Å². The highest BCUT2D eigenvalue weighted by Gasteiger charge is 2.49. The van der Waals surface area contributed by atoms with Gasteiger partial charge in [0.1, 0.15) is 0 Å². The fourth-order valence-corrected chi connectivity index (χ4v) is 3.05. The summed E-state index contributed by atoms with van der Waals surface area (Å²) in [6, 6.07) is 0. The maximum atomic E-state index is 5.78. The van der Waals surface area contributed by atoms with Crippen LogP contribution in [0, 0.1) is 11.3 Å². The number of rotatable bonds is 1. The van der Waals surface area contributed by atoms with E-state index in [9.17, 15) is 0 Å². The van der Waals surface area contributed by atoms with E-state index >= 15 is 0 Å². The molecule has 0 bridgehead atoms. The summed E-state index contributed by atoms with van der Waals surface area (Å²) in [7, 11) is 0. The molecule has 1 atom stereocenters. The van der Waals surface area contributed by atoms with Gasteiger partial charge >= 0.3 is 0 Å². The molecule has 0 radical (unpaired) electrons. The van der Waals surface area contributed by atoms with E-state index in [-0.39, 0.29) is 0 Å². The van der Waals surface area contributed by atoms with E-state index in [0.717, 1.165) is 4.99 Å². The Labute approximate surface area is 79.7 Å². The summed E-state index contributed by atoms with van der Waals surface area (Å²) in [5.74, 6) is 0.579. The molecule has 2 heteroatoms. The van der Waals surface area contributed by atoms with Crippen molar-refractivity contribution in [3.63, 3.8) is 0 Å². The van der Waals surface area contributed by atoms with Crippen molar-refractivity contribution in [3.8, 4) is 0 Å². The second-order valence-corrected chi connectivity index (χ2v) is 4.89. The maximum Gasteiger partial charge on any atom is 0.0764 e. The van der Waals surface area contributed by atoms with Gasteiger partial charge in [-0.1, -0.05) is 31.5 Å². The van der Waals surface area contributed by atoms with Crippen molar-refractivity contribution in [1.29, 1.82) is 0 Å². The van der Waals surface area contributed by atoms with Crippen LogP contribution in [0.2, 0.25) is 0 Å². The minimum absolute atomic E-state index is 0.579. The Kier molecular flexibility index (Phi) is 2.11. The van der Waals surface area contributed by atoms with Gasteiger partial charge in [-0.25, -0.2) is 0 Å². The molecule has 1 nitrogen and oxygen atoms in total. The third kappa shape index (κ3) is 1.37. The van der Waals surface area contributed by atoms with Crippen LogP contribution in [0.15, 0.2) is 0 Å². The zero-order chi connectivity index (χ0) is 8.60. The van der Waals surface area contributed by atoms with Crippen LogP contribution < -0.4 is 5.73 Å². The van der Waals surface area contributed by atoms with Crippen molar-refractivity contribution in [2.24, 2.45) is 17.1 Å². The number of hydrogen-bond donors (Lipinski definition) is 1. The first-order chi connectivity index (χ1) is 5.75. The first-order valence-corrected chi connectivity index (χ1v) is 5.45. The Morgan fingerprint density at radius 1 is 1.17 bits per heavy atom. The number of hydrogen-bond acceptors (Lipinski definition) is 1.